The lowest BCUT2D eigenvalue weighted by Crippen LogP contribution is -2.31. The summed E-state index contributed by atoms with van der Waals surface area (Å²) in [7, 11) is -1.96. The van der Waals surface area contributed by atoms with Crippen LogP contribution in [-0.2, 0) is 15.8 Å². The Morgan fingerprint density at radius 3 is 2.62 bits per heavy atom. The highest BCUT2D eigenvalue weighted by Gasteiger charge is 2.35. The number of hydrogen-bond acceptors (Lipinski definition) is 5. The van der Waals surface area contributed by atoms with Gasteiger partial charge in [-0.15, -0.1) is 0 Å². The van der Waals surface area contributed by atoms with Crippen LogP contribution in [0, 0.1) is 5.92 Å². The van der Waals surface area contributed by atoms with Gasteiger partial charge >= 0.3 is 0 Å². The summed E-state index contributed by atoms with van der Waals surface area (Å²) in [6.07, 6.45) is 2.04. The summed E-state index contributed by atoms with van der Waals surface area (Å²) in [5, 5.41) is 4.66. The molecule has 0 unspecified atom stereocenters. The fourth-order valence-corrected chi connectivity index (χ4v) is 4.50. The molecule has 1 N–H and O–H groups in total. The number of aromatic nitrogens is 1. The number of sulfonamides is 1. The van der Waals surface area contributed by atoms with Gasteiger partial charge in [0.2, 0.25) is 10.0 Å². The first-order chi connectivity index (χ1) is 12.6. The lowest BCUT2D eigenvalue weighted by atomic mass is 10.0. The largest absolute Gasteiger partial charge is 0.497 e. The van der Waals surface area contributed by atoms with E-state index < -0.39 is 10.0 Å². The molecule has 0 spiro atoms. The minimum atomic E-state index is -3.57. The molecule has 0 saturated heterocycles. The summed E-state index contributed by atoms with van der Waals surface area (Å²) in [5.74, 6) is 0.871. The number of nitrogens with one attached hydrogen (secondary N) is 1. The highest BCUT2D eigenvalue weighted by Crippen LogP contribution is 2.41. The smallest absolute Gasteiger partial charge is 0.218 e. The van der Waals surface area contributed by atoms with Crippen molar-refractivity contribution in [3.8, 4) is 5.75 Å². The van der Waals surface area contributed by atoms with Gasteiger partial charge in [-0.1, -0.05) is 29.4 Å². The molecule has 2 aromatic carbocycles. The van der Waals surface area contributed by atoms with E-state index in [0.717, 1.165) is 29.5 Å². The number of rotatable bonds is 7. The van der Waals surface area contributed by atoms with Gasteiger partial charge in [0.25, 0.3) is 0 Å². The Labute approximate surface area is 152 Å². The Morgan fingerprint density at radius 1 is 1.19 bits per heavy atom. The number of methoxy groups -OCH3 is 1. The maximum atomic E-state index is 12.8. The zero-order chi connectivity index (χ0) is 18.1. The number of benzene rings is 2. The standard InChI is InChI=1S/C19H20N2O4S/c1-24-15-10-8-14(9-11-15)19(13-6-7-13)21-26(22,23)12-17-16-4-2-3-5-18(16)25-20-17/h2-5,8-11,13,19,21H,6-7,12H2,1H3/t19-/m1/s1. The molecule has 0 aliphatic heterocycles. The van der Waals surface area contributed by atoms with Gasteiger partial charge < -0.3 is 9.26 Å². The third-order valence-corrected chi connectivity index (χ3v) is 5.92. The van der Waals surface area contributed by atoms with E-state index in [4.69, 9.17) is 9.26 Å². The highest BCUT2D eigenvalue weighted by atomic mass is 32.2. The molecule has 136 valence electrons. The molecular formula is C19H20N2O4S. The van der Waals surface area contributed by atoms with Crippen LogP contribution in [0.3, 0.4) is 0 Å². The van der Waals surface area contributed by atoms with Gasteiger partial charge in [-0.3, -0.25) is 0 Å². The molecule has 3 aromatic rings. The van der Waals surface area contributed by atoms with Gasteiger partial charge in [-0.05, 0) is 48.6 Å². The highest BCUT2D eigenvalue weighted by molar-refractivity contribution is 7.88. The first kappa shape index (κ1) is 17.1. The molecule has 1 atom stereocenters. The molecule has 1 fully saturated rings. The molecule has 0 radical (unpaired) electrons. The first-order valence-electron chi connectivity index (χ1n) is 8.53. The second kappa shape index (κ2) is 6.74. The topological polar surface area (TPSA) is 81.4 Å². The zero-order valence-electron chi connectivity index (χ0n) is 14.4. The predicted octanol–water partition coefficient (Wildman–Crippen LogP) is 3.41. The van der Waals surface area contributed by atoms with Crippen molar-refractivity contribution in [3.05, 3.63) is 59.8 Å². The molecule has 1 aliphatic carbocycles. The van der Waals surface area contributed by atoms with Crippen LogP contribution < -0.4 is 9.46 Å². The SMILES string of the molecule is COc1ccc([C@H](NS(=O)(=O)Cc2noc3ccccc23)C2CC2)cc1. The van der Waals surface area contributed by atoms with E-state index in [2.05, 4.69) is 9.88 Å². The van der Waals surface area contributed by atoms with Crippen LogP contribution in [-0.4, -0.2) is 20.7 Å². The van der Waals surface area contributed by atoms with Gasteiger partial charge in [-0.2, -0.15) is 0 Å². The molecule has 1 heterocycles. The number of hydrogen-bond donors (Lipinski definition) is 1. The average molecular weight is 372 g/mol. The number of para-hydroxylation sites is 1. The fraction of sp³-hybridized carbons (Fsp3) is 0.316. The molecule has 26 heavy (non-hydrogen) atoms. The lowest BCUT2D eigenvalue weighted by Gasteiger charge is -2.19. The molecule has 7 heteroatoms. The summed E-state index contributed by atoms with van der Waals surface area (Å²) >= 11 is 0. The Morgan fingerprint density at radius 2 is 1.92 bits per heavy atom. The van der Waals surface area contributed by atoms with Crippen LogP contribution in [0.25, 0.3) is 11.0 Å². The summed E-state index contributed by atoms with van der Waals surface area (Å²) in [4.78, 5) is 0. The molecule has 1 aromatic heterocycles. The normalized spacial score (nSPS) is 15.9. The van der Waals surface area contributed by atoms with Crippen molar-refractivity contribution < 1.29 is 17.7 Å². The first-order valence-corrected chi connectivity index (χ1v) is 10.2. The summed E-state index contributed by atoms with van der Waals surface area (Å²) in [6.45, 7) is 0. The number of ether oxygens (including phenoxy) is 1. The van der Waals surface area contributed by atoms with Crippen LogP contribution in [0.1, 0.15) is 30.1 Å². The van der Waals surface area contributed by atoms with Crippen molar-refractivity contribution in [1.82, 2.24) is 9.88 Å². The molecule has 1 saturated carbocycles. The van der Waals surface area contributed by atoms with Crippen molar-refractivity contribution in [1.29, 1.82) is 0 Å². The third-order valence-electron chi connectivity index (χ3n) is 4.65. The number of fused-ring (bicyclic) bond motifs is 1. The maximum Gasteiger partial charge on any atom is 0.218 e. The second-order valence-electron chi connectivity index (χ2n) is 6.59. The third kappa shape index (κ3) is 3.59. The second-order valence-corrected chi connectivity index (χ2v) is 8.34. The fourth-order valence-electron chi connectivity index (χ4n) is 3.13. The Balaban J connectivity index is 1.56. The molecular weight excluding hydrogens is 352 g/mol. The van der Waals surface area contributed by atoms with Crippen molar-refractivity contribution in [2.45, 2.75) is 24.6 Å². The Hall–Kier alpha value is -2.38. The van der Waals surface area contributed by atoms with E-state index in [-0.39, 0.29) is 11.8 Å². The average Bonchev–Trinajstić information content (AvgIpc) is 3.42. The van der Waals surface area contributed by atoms with Crippen LogP contribution in [0.5, 0.6) is 5.75 Å². The number of nitrogens with zero attached hydrogens (tertiary/aromatic N) is 1. The molecule has 6 nitrogen and oxygen atoms in total. The van der Waals surface area contributed by atoms with E-state index in [9.17, 15) is 8.42 Å². The van der Waals surface area contributed by atoms with Crippen molar-refractivity contribution in [2.75, 3.05) is 7.11 Å². The Kier molecular flexibility index (Phi) is 4.42. The van der Waals surface area contributed by atoms with Gasteiger partial charge in [0.15, 0.2) is 5.58 Å². The van der Waals surface area contributed by atoms with Crippen LogP contribution in [0.15, 0.2) is 53.1 Å². The van der Waals surface area contributed by atoms with Gasteiger partial charge in [0, 0.05) is 11.4 Å². The molecule has 1 aliphatic rings. The van der Waals surface area contributed by atoms with Crippen LogP contribution in [0.4, 0.5) is 0 Å². The molecule has 0 amide bonds. The van der Waals surface area contributed by atoms with Crippen LogP contribution >= 0.6 is 0 Å². The van der Waals surface area contributed by atoms with Crippen molar-refractivity contribution >= 4 is 21.0 Å². The summed E-state index contributed by atoms with van der Waals surface area (Å²) < 4.78 is 38.8. The van der Waals surface area contributed by atoms with Crippen molar-refractivity contribution in [3.63, 3.8) is 0 Å². The van der Waals surface area contributed by atoms with Crippen molar-refractivity contribution in [2.24, 2.45) is 5.92 Å². The minimum absolute atomic E-state index is 0.205. The minimum Gasteiger partial charge on any atom is -0.497 e. The van der Waals surface area contributed by atoms with Crippen LogP contribution in [0.2, 0.25) is 0 Å². The van der Waals surface area contributed by atoms with E-state index >= 15 is 0 Å². The van der Waals surface area contributed by atoms with E-state index in [0.29, 0.717) is 17.2 Å². The molecule has 0 bridgehead atoms. The lowest BCUT2D eigenvalue weighted by molar-refractivity contribution is 0.414. The van der Waals surface area contributed by atoms with Gasteiger partial charge in [0.05, 0.1) is 7.11 Å². The Bertz CT molecular complexity index is 1010. The summed E-state index contributed by atoms with van der Waals surface area (Å²) in [6, 6.07) is 14.6. The van der Waals surface area contributed by atoms with E-state index in [1.54, 1.807) is 13.2 Å². The van der Waals surface area contributed by atoms with E-state index in [1.807, 2.05) is 42.5 Å². The molecule has 4 rings (SSSR count). The summed E-state index contributed by atoms with van der Waals surface area (Å²) in [5.41, 5.74) is 1.96. The van der Waals surface area contributed by atoms with Gasteiger partial charge in [0.1, 0.15) is 17.2 Å². The zero-order valence-corrected chi connectivity index (χ0v) is 15.2. The van der Waals surface area contributed by atoms with E-state index in [1.165, 1.54) is 0 Å². The van der Waals surface area contributed by atoms with Gasteiger partial charge in [-0.25, -0.2) is 13.1 Å². The predicted molar refractivity (Wildman–Crippen MR) is 98.2 cm³/mol. The maximum absolute atomic E-state index is 12.8. The quantitative estimate of drug-likeness (QED) is 0.687. The monoisotopic (exact) mass is 372 g/mol.